The molecule has 0 heterocycles. The summed E-state index contributed by atoms with van der Waals surface area (Å²) in [6.45, 7) is 4.71. The Hall–Kier alpha value is -1.26. The van der Waals surface area contributed by atoms with Crippen LogP contribution in [-0.4, -0.2) is 24.3 Å². The van der Waals surface area contributed by atoms with Gasteiger partial charge in [0.25, 0.3) is 0 Å². The van der Waals surface area contributed by atoms with E-state index >= 15 is 0 Å². The van der Waals surface area contributed by atoms with Gasteiger partial charge >= 0.3 is 6.03 Å². The Morgan fingerprint density at radius 2 is 2.05 bits per heavy atom. The molecule has 3 N–H and O–H groups in total. The summed E-state index contributed by atoms with van der Waals surface area (Å²) in [6, 6.07) is 6.82. The lowest BCUT2D eigenvalue weighted by Crippen LogP contribution is -2.30. The summed E-state index contributed by atoms with van der Waals surface area (Å²) < 4.78 is 0. The average molecular weight is 285 g/mol. The first-order chi connectivity index (χ1) is 8.94. The Kier molecular flexibility index (Phi) is 6.12. The van der Waals surface area contributed by atoms with Crippen molar-refractivity contribution in [3.8, 4) is 0 Å². The van der Waals surface area contributed by atoms with Gasteiger partial charge in [0.2, 0.25) is 0 Å². The highest BCUT2D eigenvalue weighted by Crippen LogP contribution is 2.21. The fourth-order valence-electron chi connectivity index (χ4n) is 1.58. The lowest BCUT2D eigenvalue weighted by atomic mass is 9.89. The molecule has 0 spiro atoms. The van der Waals surface area contributed by atoms with E-state index in [-0.39, 0.29) is 18.1 Å². The number of halogens is 1. The lowest BCUT2D eigenvalue weighted by molar-refractivity contribution is 0.148. The SMILES string of the molecule is CC(C)(CO)CCCNC(=O)Nc1ccccc1Cl. The van der Waals surface area contributed by atoms with Gasteiger partial charge in [-0.15, -0.1) is 0 Å². The first kappa shape index (κ1) is 15.8. The van der Waals surface area contributed by atoms with Crippen molar-refractivity contribution in [2.45, 2.75) is 26.7 Å². The molecule has 0 aromatic heterocycles. The lowest BCUT2D eigenvalue weighted by Gasteiger charge is -2.21. The summed E-state index contributed by atoms with van der Waals surface area (Å²) in [6.07, 6.45) is 1.68. The summed E-state index contributed by atoms with van der Waals surface area (Å²) in [4.78, 5) is 11.6. The number of aliphatic hydroxyl groups excluding tert-OH is 1. The van der Waals surface area contributed by atoms with Gasteiger partial charge in [0, 0.05) is 13.2 Å². The highest BCUT2D eigenvalue weighted by atomic mass is 35.5. The standard InChI is InChI=1S/C14H21ClN2O2/c1-14(2,10-18)8-5-9-16-13(19)17-12-7-4-3-6-11(12)15/h3-4,6-7,18H,5,8-10H2,1-2H3,(H2,16,17,19). The van der Waals surface area contributed by atoms with Gasteiger partial charge < -0.3 is 15.7 Å². The molecule has 0 aliphatic rings. The zero-order valence-electron chi connectivity index (χ0n) is 11.4. The van der Waals surface area contributed by atoms with Gasteiger partial charge in [-0.3, -0.25) is 0 Å². The summed E-state index contributed by atoms with van der Waals surface area (Å²) in [5, 5.41) is 15.1. The van der Waals surface area contributed by atoms with E-state index in [1.165, 1.54) is 0 Å². The van der Waals surface area contributed by atoms with Gasteiger partial charge in [0.05, 0.1) is 10.7 Å². The van der Waals surface area contributed by atoms with Gasteiger partial charge in [-0.05, 0) is 30.4 Å². The number of nitrogens with one attached hydrogen (secondary N) is 2. The largest absolute Gasteiger partial charge is 0.396 e. The summed E-state index contributed by atoms with van der Waals surface area (Å²) in [5.74, 6) is 0. The third-order valence-corrected chi connectivity index (χ3v) is 3.20. The zero-order chi connectivity index (χ0) is 14.3. The van der Waals surface area contributed by atoms with Crippen LogP contribution in [0.5, 0.6) is 0 Å². The van der Waals surface area contributed by atoms with Crippen molar-refractivity contribution < 1.29 is 9.90 Å². The third-order valence-electron chi connectivity index (χ3n) is 2.87. The maximum atomic E-state index is 11.6. The summed E-state index contributed by atoms with van der Waals surface area (Å²) >= 11 is 5.94. The molecule has 1 aromatic rings. The van der Waals surface area contributed by atoms with Crippen molar-refractivity contribution in [2.75, 3.05) is 18.5 Å². The van der Waals surface area contributed by atoms with Gasteiger partial charge in [-0.1, -0.05) is 37.6 Å². The van der Waals surface area contributed by atoms with E-state index in [2.05, 4.69) is 10.6 Å². The minimum atomic E-state index is -0.269. The number of para-hydroxylation sites is 1. The topological polar surface area (TPSA) is 61.4 Å². The number of hydrogen-bond donors (Lipinski definition) is 3. The van der Waals surface area contributed by atoms with Crippen LogP contribution in [0.15, 0.2) is 24.3 Å². The molecule has 0 saturated carbocycles. The summed E-state index contributed by atoms with van der Waals surface area (Å²) in [5.41, 5.74) is 0.498. The Bertz CT molecular complexity index is 422. The van der Waals surface area contributed by atoms with E-state index < -0.39 is 0 Å². The number of anilines is 1. The molecule has 0 bridgehead atoms. The number of hydrogen-bond acceptors (Lipinski definition) is 2. The Morgan fingerprint density at radius 1 is 1.37 bits per heavy atom. The second-order valence-corrected chi connectivity index (χ2v) is 5.69. The van der Waals surface area contributed by atoms with Crippen LogP contribution in [0.4, 0.5) is 10.5 Å². The van der Waals surface area contributed by atoms with Crippen molar-refractivity contribution in [1.29, 1.82) is 0 Å². The van der Waals surface area contributed by atoms with Crippen LogP contribution >= 0.6 is 11.6 Å². The van der Waals surface area contributed by atoms with Crippen LogP contribution in [0.3, 0.4) is 0 Å². The van der Waals surface area contributed by atoms with Crippen molar-refractivity contribution in [2.24, 2.45) is 5.41 Å². The van der Waals surface area contributed by atoms with E-state index in [9.17, 15) is 4.79 Å². The van der Waals surface area contributed by atoms with Crippen LogP contribution in [0.1, 0.15) is 26.7 Å². The molecule has 0 aliphatic carbocycles. The molecule has 1 aromatic carbocycles. The molecule has 0 atom stereocenters. The molecule has 0 aliphatic heterocycles. The predicted octanol–water partition coefficient (Wildman–Crippen LogP) is 3.26. The second-order valence-electron chi connectivity index (χ2n) is 5.29. The van der Waals surface area contributed by atoms with Crippen LogP contribution in [-0.2, 0) is 0 Å². The first-order valence-corrected chi connectivity index (χ1v) is 6.73. The zero-order valence-corrected chi connectivity index (χ0v) is 12.1. The molecule has 106 valence electrons. The number of aliphatic hydroxyl groups is 1. The second kappa shape index (κ2) is 7.36. The van der Waals surface area contributed by atoms with Crippen LogP contribution in [0.25, 0.3) is 0 Å². The van der Waals surface area contributed by atoms with Gasteiger partial charge in [-0.25, -0.2) is 4.79 Å². The fraction of sp³-hybridized carbons (Fsp3) is 0.500. The number of urea groups is 1. The molecule has 0 radical (unpaired) electrons. The van der Waals surface area contributed by atoms with Gasteiger partial charge in [-0.2, -0.15) is 0 Å². The van der Waals surface area contributed by atoms with Crippen LogP contribution in [0, 0.1) is 5.41 Å². The third kappa shape index (κ3) is 5.94. The maximum absolute atomic E-state index is 11.6. The first-order valence-electron chi connectivity index (χ1n) is 6.35. The monoisotopic (exact) mass is 284 g/mol. The average Bonchev–Trinajstić information content (AvgIpc) is 2.38. The Morgan fingerprint density at radius 3 is 2.68 bits per heavy atom. The van der Waals surface area contributed by atoms with E-state index in [0.717, 1.165) is 12.8 Å². The van der Waals surface area contributed by atoms with E-state index in [1.807, 2.05) is 26.0 Å². The quantitative estimate of drug-likeness (QED) is 0.702. The molecule has 1 rings (SSSR count). The number of benzene rings is 1. The molecule has 19 heavy (non-hydrogen) atoms. The van der Waals surface area contributed by atoms with E-state index in [1.54, 1.807) is 12.1 Å². The normalized spacial score (nSPS) is 11.2. The fourth-order valence-corrected chi connectivity index (χ4v) is 1.76. The number of carbonyl (C=O) groups is 1. The number of carbonyl (C=O) groups excluding carboxylic acids is 1. The number of rotatable bonds is 6. The highest BCUT2D eigenvalue weighted by molar-refractivity contribution is 6.33. The van der Waals surface area contributed by atoms with E-state index in [4.69, 9.17) is 16.7 Å². The maximum Gasteiger partial charge on any atom is 0.319 e. The molecule has 4 nitrogen and oxygen atoms in total. The molecular formula is C14H21ClN2O2. The van der Waals surface area contributed by atoms with Crippen molar-refractivity contribution in [1.82, 2.24) is 5.32 Å². The molecule has 2 amide bonds. The molecule has 0 saturated heterocycles. The number of amides is 2. The van der Waals surface area contributed by atoms with Crippen molar-refractivity contribution in [3.63, 3.8) is 0 Å². The minimum Gasteiger partial charge on any atom is -0.396 e. The summed E-state index contributed by atoms with van der Waals surface area (Å²) in [7, 11) is 0. The predicted molar refractivity (Wildman–Crippen MR) is 78.6 cm³/mol. The van der Waals surface area contributed by atoms with Gasteiger partial charge in [0.1, 0.15) is 0 Å². The van der Waals surface area contributed by atoms with Crippen LogP contribution < -0.4 is 10.6 Å². The Labute approximate surface area is 119 Å². The molecular weight excluding hydrogens is 264 g/mol. The molecule has 0 fully saturated rings. The van der Waals surface area contributed by atoms with Crippen LogP contribution in [0.2, 0.25) is 5.02 Å². The van der Waals surface area contributed by atoms with Crippen molar-refractivity contribution in [3.05, 3.63) is 29.3 Å². The highest BCUT2D eigenvalue weighted by Gasteiger charge is 2.15. The Balaban J connectivity index is 2.28. The molecule has 0 unspecified atom stereocenters. The molecule has 5 heteroatoms. The smallest absolute Gasteiger partial charge is 0.319 e. The van der Waals surface area contributed by atoms with E-state index in [0.29, 0.717) is 17.3 Å². The van der Waals surface area contributed by atoms with Gasteiger partial charge in [0.15, 0.2) is 0 Å². The van der Waals surface area contributed by atoms with Crippen molar-refractivity contribution >= 4 is 23.3 Å². The minimum absolute atomic E-state index is 0.0963.